The molecule has 0 radical (unpaired) electrons. The number of nitrogens with zero attached hydrogens (tertiary/aromatic N) is 2. The number of rotatable bonds is 4. The Morgan fingerprint density at radius 2 is 2.05 bits per heavy atom. The van der Waals surface area contributed by atoms with Crippen LogP contribution in [-0.2, 0) is 16.1 Å². The predicted octanol–water partition coefficient (Wildman–Crippen LogP) is -0.800. The maximum atomic E-state index is 12.2. The van der Waals surface area contributed by atoms with Crippen LogP contribution in [0.15, 0.2) is 29.1 Å². The number of nitrogens with two attached hydrogens (primary N) is 1. The third kappa shape index (κ3) is 3.12. The van der Waals surface area contributed by atoms with Gasteiger partial charge < -0.3 is 5.32 Å². The highest BCUT2D eigenvalue weighted by Gasteiger charge is 2.16. The zero-order valence-electron chi connectivity index (χ0n) is 12.3. The van der Waals surface area contributed by atoms with Gasteiger partial charge in [0.05, 0.1) is 11.0 Å². The molecule has 0 saturated heterocycles. The number of carbonyl (C=O) groups is 2. The van der Waals surface area contributed by atoms with E-state index in [4.69, 9.17) is 5.84 Å². The van der Waals surface area contributed by atoms with E-state index in [-0.39, 0.29) is 12.1 Å². The first-order valence-electron chi connectivity index (χ1n) is 6.70. The van der Waals surface area contributed by atoms with Crippen molar-refractivity contribution < 1.29 is 9.59 Å². The van der Waals surface area contributed by atoms with Crippen molar-refractivity contribution in [1.82, 2.24) is 20.3 Å². The molecule has 0 aliphatic carbocycles. The molecular formula is C14H17N5O3. The van der Waals surface area contributed by atoms with Gasteiger partial charge >= 0.3 is 0 Å². The van der Waals surface area contributed by atoms with Gasteiger partial charge in [-0.3, -0.25) is 24.4 Å². The third-order valence-electron chi connectivity index (χ3n) is 3.23. The minimum Gasteiger partial charge on any atom is -0.343 e. The molecule has 2 amide bonds. The number of carbonyl (C=O) groups excluding carboxylic acids is 2. The summed E-state index contributed by atoms with van der Waals surface area (Å²) in [4.78, 5) is 39.8. The Morgan fingerprint density at radius 1 is 1.36 bits per heavy atom. The fourth-order valence-electron chi connectivity index (χ4n) is 2.10. The average molecular weight is 303 g/mol. The summed E-state index contributed by atoms with van der Waals surface area (Å²) in [5, 5.41) is 2.48. The minimum atomic E-state index is -0.789. The number of amides is 2. The van der Waals surface area contributed by atoms with Crippen LogP contribution in [0, 0.1) is 6.92 Å². The normalized spacial score (nSPS) is 12.0. The van der Waals surface area contributed by atoms with Gasteiger partial charge in [-0.15, -0.1) is 0 Å². The molecule has 22 heavy (non-hydrogen) atoms. The van der Waals surface area contributed by atoms with Crippen LogP contribution in [0.4, 0.5) is 0 Å². The van der Waals surface area contributed by atoms with E-state index < -0.39 is 17.9 Å². The minimum absolute atomic E-state index is 0.203. The van der Waals surface area contributed by atoms with E-state index in [9.17, 15) is 14.4 Å². The highest BCUT2D eigenvalue weighted by molar-refractivity contribution is 5.87. The lowest BCUT2D eigenvalue weighted by Crippen LogP contribution is -2.48. The fourth-order valence-corrected chi connectivity index (χ4v) is 2.10. The number of benzene rings is 1. The molecule has 0 fully saturated rings. The van der Waals surface area contributed by atoms with Crippen molar-refractivity contribution in [3.63, 3.8) is 0 Å². The lowest BCUT2D eigenvalue weighted by molar-refractivity contribution is -0.128. The Balaban J connectivity index is 2.31. The molecule has 116 valence electrons. The van der Waals surface area contributed by atoms with Crippen molar-refractivity contribution in [2.75, 3.05) is 0 Å². The van der Waals surface area contributed by atoms with Crippen LogP contribution < -0.4 is 22.1 Å². The zero-order chi connectivity index (χ0) is 16.3. The van der Waals surface area contributed by atoms with Crippen LogP contribution in [0.25, 0.3) is 11.0 Å². The van der Waals surface area contributed by atoms with Gasteiger partial charge in [0.15, 0.2) is 0 Å². The van der Waals surface area contributed by atoms with E-state index in [1.807, 2.05) is 5.43 Å². The third-order valence-corrected chi connectivity index (χ3v) is 3.23. The van der Waals surface area contributed by atoms with E-state index in [0.717, 1.165) is 0 Å². The smallest absolute Gasteiger partial charge is 0.272 e. The number of hydrogen-bond donors (Lipinski definition) is 3. The summed E-state index contributed by atoms with van der Waals surface area (Å²) in [6.45, 7) is 2.89. The van der Waals surface area contributed by atoms with E-state index in [0.29, 0.717) is 16.7 Å². The van der Waals surface area contributed by atoms with E-state index >= 15 is 0 Å². The van der Waals surface area contributed by atoms with E-state index in [1.54, 1.807) is 31.2 Å². The quantitative estimate of drug-likeness (QED) is 0.388. The SMILES string of the molecule is Cc1nc2ccccc2n(CC(=O)N[C@@H](C)C(=O)NN)c1=O. The molecule has 2 aromatic rings. The number of aryl methyl sites for hydroxylation is 1. The Hall–Kier alpha value is -2.74. The van der Waals surface area contributed by atoms with Crippen molar-refractivity contribution in [3.8, 4) is 0 Å². The molecule has 8 heteroatoms. The molecule has 1 aromatic heterocycles. The number of para-hydroxylation sites is 2. The standard InChI is InChI=1S/C14H17N5O3/c1-8(13(21)18-15)17-12(20)7-19-11-6-4-3-5-10(11)16-9(2)14(19)22/h3-6,8H,7,15H2,1-2H3,(H,17,20)(H,18,21)/t8-/m0/s1. The maximum absolute atomic E-state index is 12.2. The lowest BCUT2D eigenvalue weighted by Gasteiger charge is -2.14. The molecule has 0 spiro atoms. The number of nitrogens with one attached hydrogen (secondary N) is 2. The van der Waals surface area contributed by atoms with Gasteiger partial charge in [0.2, 0.25) is 5.91 Å². The van der Waals surface area contributed by atoms with Gasteiger partial charge in [-0.25, -0.2) is 10.8 Å². The summed E-state index contributed by atoms with van der Waals surface area (Å²) in [5.41, 5.74) is 3.10. The molecule has 0 aliphatic heterocycles. The molecule has 8 nitrogen and oxygen atoms in total. The molecule has 4 N–H and O–H groups in total. The first kappa shape index (κ1) is 15.6. The number of fused-ring (bicyclic) bond motifs is 1. The zero-order valence-corrected chi connectivity index (χ0v) is 12.3. The van der Waals surface area contributed by atoms with Gasteiger partial charge in [-0.2, -0.15) is 0 Å². The number of hydrogen-bond acceptors (Lipinski definition) is 5. The van der Waals surface area contributed by atoms with Crippen molar-refractivity contribution in [3.05, 3.63) is 40.3 Å². The molecule has 1 heterocycles. The molecule has 1 atom stereocenters. The van der Waals surface area contributed by atoms with E-state index in [2.05, 4.69) is 10.3 Å². The molecule has 0 bridgehead atoms. The van der Waals surface area contributed by atoms with Crippen LogP contribution in [0.3, 0.4) is 0 Å². The predicted molar refractivity (Wildman–Crippen MR) is 80.7 cm³/mol. The second-order valence-electron chi connectivity index (χ2n) is 4.88. The molecule has 2 rings (SSSR count). The summed E-state index contributed by atoms with van der Waals surface area (Å²) < 4.78 is 1.33. The fraction of sp³-hybridized carbons (Fsp3) is 0.286. The Labute approximate surface area is 126 Å². The van der Waals surface area contributed by atoms with Crippen LogP contribution >= 0.6 is 0 Å². The summed E-state index contributed by atoms with van der Waals surface area (Å²) >= 11 is 0. The van der Waals surface area contributed by atoms with Gasteiger partial charge in [0, 0.05) is 0 Å². The van der Waals surface area contributed by atoms with Crippen LogP contribution in [0.2, 0.25) is 0 Å². The summed E-state index contributed by atoms with van der Waals surface area (Å²) in [5.74, 6) is 4.02. The van der Waals surface area contributed by atoms with Crippen LogP contribution in [0.5, 0.6) is 0 Å². The topological polar surface area (TPSA) is 119 Å². The Kier molecular flexibility index (Phi) is 4.52. The highest BCUT2D eigenvalue weighted by atomic mass is 16.2. The Bertz CT molecular complexity index is 784. The van der Waals surface area contributed by atoms with Gasteiger partial charge in [0.1, 0.15) is 18.3 Å². The highest BCUT2D eigenvalue weighted by Crippen LogP contribution is 2.09. The summed E-state index contributed by atoms with van der Waals surface area (Å²) in [6.07, 6.45) is 0. The summed E-state index contributed by atoms with van der Waals surface area (Å²) in [6, 6.07) is 6.25. The maximum Gasteiger partial charge on any atom is 0.272 e. The second-order valence-corrected chi connectivity index (χ2v) is 4.88. The van der Waals surface area contributed by atoms with Crippen molar-refractivity contribution in [2.24, 2.45) is 5.84 Å². The molecule has 1 aromatic carbocycles. The number of aromatic nitrogens is 2. The Morgan fingerprint density at radius 3 is 2.73 bits per heavy atom. The van der Waals surface area contributed by atoms with Crippen molar-refractivity contribution >= 4 is 22.8 Å². The average Bonchev–Trinajstić information content (AvgIpc) is 2.50. The number of hydrazine groups is 1. The van der Waals surface area contributed by atoms with Gasteiger partial charge in [0.25, 0.3) is 11.5 Å². The molecular weight excluding hydrogens is 286 g/mol. The first-order chi connectivity index (χ1) is 10.4. The monoisotopic (exact) mass is 303 g/mol. The molecule has 0 unspecified atom stereocenters. The second kappa shape index (κ2) is 6.35. The first-order valence-corrected chi connectivity index (χ1v) is 6.70. The lowest BCUT2D eigenvalue weighted by atomic mass is 10.2. The molecule has 0 saturated carbocycles. The van der Waals surface area contributed by atoms with Gasteiger partial charge in [-0.05, 0) is 26.0 Å². The van der Waals surface area contributed by atoms with E-state index in [1.165, 1.54) is 11.5 Å². The largest absolute Gasteiger partial charge is 0.343 e. The van der Waals surface area contributed by atoms with Crippen LogP contribution in [0.1, 0.15) is 12.6 Å². The molecule has 0 aliphatic rings. The van der Waals surface area contributed by atoms with Crippen molar-refractivity contribution in [2.45, 2.75) is 26.4 Å². The van der Waals surface area contributed by atoms with Crippen LogP contribution in [-0.4, -0.2) is 27.4 Å². The van der Waals surface area contributed by atoms with Crippen molar-refractivity contribution in [1.29, 1.82) is 0 Å². The summed E-state index contributed by atoms with van der Waals surface area (Å²) in [7, 11) is 0. The van der Waals surface area contributed by atoms with Gasteiger partial charge in [-0.1, -0.05) is 12.1 Å².